The lowest BCUT2D eigenvalue weighted by atomic mass is 9.73. The third-order valence-electron chi connectivity index (χ3n) is 6.80. The molecule has 2 atom stereocenters. The van der Waals surface area contributed by atoms with Crippen LogP contribution in [0, 0.1) is 5.41 Å². The number of nitrogens with one attached hydrogen (secondary N) is 1. The fourth-order valence-electron chi connectivity index (χ4n) is 5.37. The number of piperidine rings is 2. The highest BCUT2D eigenvalue weighted by Crippen LogP contribution is 2.39. The molecule has 3 fully saturated rings. The lowest BCUT2D eigenvalue weighted by molar-refractivity contribution is -0.0283. The van der Waals surface area contributed by atoms with Crippen LogP contribution in [0.1, 0.15) is 44.8 Å². The van der Waals surface area contributed by atoms with Gasteiger partial charge in [0, 0.05) is 19.3 Å². The molecule has 0 unspecified atom stereocenters. The van der Waals surface area contributed by atoms with E-state index < -0.39 is 0 Å². The molecule has 5 rings (SSSR count). The summed E-state index contributed by atoms with van der Waals surface area (Å²) < 4.78 is 8.56. The molecule has 0 aromatic carbocycles. The Kier molecular flexibility index (Phi) is 4.53. The SMILES string of the molecule is Nc1ncnc2c1ccn2[C@H]1CC[C@@H](CN2CCCC3(CCNCC3)C2)O1. The summed E-state index contributed by atoms with van der Waals surface area (Å²) in [6.45, 7) is 5.89. The lowest BCUT2D eigenvalue weighted by Gasteiger charge is -2.46. The van der Waals surface area contributed by atoms with Gasteiger partial charge in [-0.15, -0.1) is 0 Å². The minimum absolute atomic E-state index is 0.0550. The fourth-order valence-corrected chi connectivity index (χ4v) is 5.37. The van der Waals surface area contributed by atoms with Crippen LogP contribution in [0.2, 0.25) is 0 Å². The Morgan fingerprint density at radius 1 is 1.22 bits per heavy atom. The predicted molar refractivity (Wildman–Crippen MR) is 105 cm³/mol. The Labute approximate surface area is 160 Å². The molecule has 7 heteroatoms. The Morgan fingerprint density at radius 2 is 2.11 bits per heavy atom. The molecule has 27 heavy (non-hydrogen) atoms. The first-order valence-corrected chi connectivity index (χ1v) is 10.4. The number of hydrogen-bond acceptors (Lipinski definition) is 6. The summed E-state index contributed by atoms with van der Waals surface area (Å²) in [5.74, 6) is 0.536. The smallest absolute Gasteiger partial charge is 0.147 e. The van der Waals surface area contributed by atoms with Crippen LogP contribution < -0.4 is 11.1 Å². The van der Waals surface area contributed by atoms with Crippen LogP contribution in [-0.4, -0.2) is 58.3 Å². The number of nitrogens with zero attached hydrogens (tertiary/aromatic N) is 4. The van der Waals surface area contributed by atoms with Gasteiger partial charge in [0.1, 0.15) is 24.0 Å². The molecule has 3 saturated heterocycles. The highest BCUT2D eigenvalue weighted by Gasteiger charge is 2.38. The molecular weight excluding hydrogens is 340 g/mol. The second-order valence-electron chi connectivity index (χ2n) is 8.60. The second-order valence-corrected chi connectivity index (χ2v) is 8.60. The summed E-state index contributed by atoms with van der Waals surface area (Å²) in [7, 11) is 0. The first kappa shape index (κ1) is 17.4. The van der Waals surface area contributed by atoms with E-state index in [4.69, 9.17) is 10.5 Å². The number of nitrogens with two attached hydrogens (primary N) is 1. The van der Waals surface area contributed by atoms with Gasteiger partial charge in [-0.1, -0.05) is 0 Å². The Morgan fingerprint density at radius 3 is 3.00 bits per heavy atom. The minimum Gasteiger partial charge on any atom is -0.383 e. The number of ether oxygens (including phenoxy) is 1. The largest absolute Gasteiger partial charge is 0.383 e. The molecule has 3 aliphatic rings. The van der Waals surface area contributed by atoms with Gasteiger partial charge < -0.3 is 25.3 Å². The molecule has 0 bridgehead atoms. The Hall–Kier alpha value is -1.70. The van der Waals surface area contributed by atoms with Crippen LogP contribution in [0.3, 0.4) is 0 Å². The van der Waals surface area contributed by atoms with Gasteiger partial charge in [-0.25, -0.2) is 9.97 Å². The van der Waals surface area contributed by atoms with Crippen LogP contribution in [0.4, 0.5) is 5.82 Å². The maximum absolute atomic E-state index is 6.44. The van der Waals surface area contributed by atoms with Crippen molar-refractivity contribution in [2.24, 2.45) is 5.41 Å². The third kappa shape index (κ3) is 3.32. The quantitative estimate of drug-likeness (QED) is 0.862. The molecule has 2 aromatic rings. The van der Waals surface area contributed by atoms with Crippen LogP contribution in [0.25, 0.3) is 11.0 Å². The zero-order chi connectivity index (χ0) is 18.3. The molecule has 2 aromatic heterocycles. The van der Waals surface area contributed by atoms with E-state index in [1.807, 2.05) is 12.3 Å². The van der Waals surface area contributed by atoms with Crippen LogP contribution in [0.5, 0.6) is 0 Å². The van der Waals surface area contributed by atoms with Crippen molar-refractivity contribution in [3.8, 4) is 0 Å². The Bertz CT molecular complexity index is 793. The zero-order valence-electron chi connectivity index (χ0n) is 15.9. The number of fused-ring (bicyclic) bond motifs is 1. The van der Waals surface area contributed by atoms with Gasteiger partial charge in [0.15, 0.2) is 0 Å². The number of aromatic nitrogens is 3. The molecule has 3 aliphatic heterocycles. The average Bonchev–Trinajstić information content (AvgIpc) is 3.30. The van der Waals surface area contributed by atoms with E-state index in [0.29, 0.717) is 17.3 Å². The molecule has 0 amide bonds. The fraction of sp³-hybridized carbons (Fsp3) is 0.700. The van der Waals surface area contributed by atoms with Crippen molar-refractivity contribution in [3.05, 3.63) is 18.6 Å². The first-order chi connectivity index (χ1) is 13.2. The van der Waals surface area contributed by atoms with Gasteiger partial charge in [-0.05, 0) is 69.6 Å². The first-order valence-electron chi connectivity index (χ1n) is 10.4. The number of likely N-dealkylation sites (tertiary alicyclic amines) is 1. The van der Waals surface area contributed by atoms with Gasteiger partial charge in [0.05, 0.1) is 11.5 Å². The van der Waals surface area contributed by atoms with Crippen molar-refractivity contribution in [1.29, 1.82) is 0 Å². The Balaban J connectivity index is 1.24. The third-order valence-corrected chi connectivity index (χ3v) is 6.80. The van der Waals surface area contributed by atoms with Gasteiger partial charge >= 0.3 is 0 Å². The second kappa shape index (κ2) is 7.04. The summed E-state index contributed by atoms with van der Waals surface area (Å²) in [6, 6.07) is 1.99. The number of hydrogen-bond donors (Lipinski definition) is 2. The minimum atomic E-state index is 0.0550. The summed E-state index contributed by atoms with van der Waals surface area (Å²) >= 11 is 0. The van der Waals surface area contributed by atoms with E-state index in [-0.39, 0.29) is 6.23 Å². The monoisotopic (exact) mass is 370 g/mol. The average molecular weight is 371 g/mol. The van der Waals surface area contributed by atoms with Crippen molar-refractivity contribution in [3.63, 3.8) is 0 Å². The van der Waals surface area contributed by atoms with Crippen LogP contribution in [-0.2, 0) is 4.74 Å². The number of rotatable bonds is 3. The zero-order valence-corrected chi connectivity index (χ0v) is 15.9. The van der Waals surface area contributed by atoms with Crippen molar-refractivity contribution in [2.75, 3.05) is 38.5 Å². The molecule has 3 N–H and O–H groups in total. The van der Waals surface area contributed by atoms with Crippen molar-refractivity contribution in [1.82, 2.24) is 24.8 Å². The van der Waals surface area contributed by atoms with Crippen molar-refractivity contribution < 1.29 is 4.74 Å². The lowest BCUT2D eigenvalue weighted by Crippen LogP contribution is -2.50. The van der Waals surface area contributed by atoms with Crippen LogP contribution >= 0.6 is 0 Å². The van der Waals surface area contributed by atoms with E-state index in [9.17, 15) is 0 Å². The molecule has 5 heterocycles. The maximum Gasteiger partial charge on any atom is 0.147 e. The molecule has 0 radical (unpaired) electrons. The predicted octanol–water partition coefficient (Wildman–Crippen LogP) is 2.16. The molecule has 146 valence electrons. The van der Waals surface area contributed by atoms with Gasteiger partial charge in [-0.2, -0.15) is 0 Å². The van der Waals surface area contributed by atoms with E-state index in [1.165, 1.54) is 58.2 Å². The maximum atomic E-state index is 6.44. The molecular formula is C20H30N6O. The van der Waals surface area contributed by atoms with E-state index in [1.54, 1.807) is 0 Å². The number of anilines is 1. The highest BCUT2D eigenvalue weighted by atomic mass is 16.5. The highest BCUT2D eigenvalue weighted by molar-refractivity contribution is 5.86. The molecule has 7 nitrogen and oxygen atoms in total. The van der Waals surface area contributed by atoms with E-state index in [2.05, 4.69) is 24.8 Å². The normalized spacial score (nSPS) is 28.9. The van der Waals surface area contributed by atoms with E-state index in [0.717, 1.165) is 30.4 Å². The van der Waals surface area contributed by atoms with E-state index >= 15 is 0 Å². The molecule has 0 saturated carbocycles. The summed E-state index contributed by atoms with van der Waals surface area (Å²) in [5, 5.41) is 4.43. The standard InChI is InChI=1S/C20H30N6O/c21-18-16-4-11-26(19(16)24-14-23-18)17-3-2-15(27-17)12-25-10-1-5-20(13-25)6-8-22-9-7-20/h4,11,14-15,17,22H,1-3,5-10,12-13H2,(H2,21,23,24)/t15-,17+/m0/s1. The van der Waals surface area contributed by atoms with Gasteiger partial charge in [0.2, 0.25) is 0 Å². The summed E-state index contributed by atoms with van der Waals surface area (Å²) in [6.07, 6.45) is 11.5. The summed E-state index contributed by atoms with van der Waals surface area (Å²) in [4.78, 5) is 11.2. The van der Waals surface area contributed by atoms with Crippen LogP contribution in [0.15, 0.2) is 18.6 Å². The summed E-state index contributed by atoms with van der Waals surface area (Å²) in [5.41, 5.74) is 7.39. The van der Waals surface area contributed by atoms with Crippen molar-refractivity contribution >= 4 is 16.9 Å². The van der Waals surface area contributed by atoms with Gasteiger partial charge in [0.25, 0.3) is 0 Å². The molecule has 0 aliphatic carbocycles. The topological polar surface area (TPSA) is 81.2 Å². The molecule has 1 spiro atoms. The number of nitrogen functional groups attached to an aromatic ring is 1. The van der Waals surface area contributed by atoms with Crippen molar-refractivity contribution in [2.45, 2.75) is 50.9 Å². The van der Waals surface area contributed by atoms with Gasteiger partial charge in [-0.3, -0.25) is 0 Å².